The van der Waals surface area contributed by atoms with Crippen LogP contribution in [0.15, 0.2) is 18.2 Å². The first-order chi connectivity index (χ1) is 9.86. The fourth-order valence-corrected chi connectivity index (χ4v) is 3.32. The zero-order valence-corrected chi connectivity index (χ0v) is 12.4. The van der Waals surface area contributed by atoms with E-state index >= 15 is 0 Å². The average Bonchev–Trinajstić information content (AvgIpc) is 3.01. The predicted octanol–water partition coefficient (Wildman–Crippen LogP) is 3.83. The molecule has 1 N–H and O–H groups in total. The number of benzene rings is 1. The van der Waals surface area contributed by atoms with Gasteiger partial charge in [0.1, 0.15) is 0 Å². The molecule has 1 aromatic carbocycles. The van der Waals surface area contributed by atoms with Gasteiger partial charge in [-0.25, -0.2) is 0 Å². The van der Waals surface area contributed by atoms with Gasteiger partial charge in [0.05, 0.1) is 13.2 Å². The quantitative estimate of drug-likeness (QED) is 0.906. The minimum absolute atomic E-state index is 0.377. The summed E-state index contributed by atoms with van der Waals surface area (Å²) >= 11 is 0. The van der Waals surface area contributed by atoms with Gasteiger partial charge in [-0.1, -0.05) is 12.5 Å². The van der Waals surface area contributed by atoms with Crippen LogP contribution in [0.25, 0.3) is 0 Å². The van der Waals surface area contributed by atoms with Crippen LogP contribution in [0.2, 0.25) is 0 Å². The maximum atomic E-state index is 6.09. The van der Waals surface area contributed by atoms with E-state index in [9.17, 15) is 0 Å². The molecule has 20 heavy (non-hydrogen) atoms. The van der Waals surface area contributed by atoms with Crippen LogP contribution in [-0.4, -0.2) is 19.8 Å². The van der Waals surface area contributed by atoms with Crippen LogP contribution in [-0.2, 0) is 0 Å². The molecule has 1 unspecified atom stereocenters. The summed E-state index contributed by atoms with van der Waals surface area (Å²) < 4.78 is 11.6. The molecule has 1 heterocycles. The topological polar surface area (TPSA) is 30.5 Å². The summed E-state index contributed by atoms with van der Waals surface area (Å²) in [6.45, 7) is 1.12. The Kier molecular flexibility index (Phi) is 4.46. The van der Waals surface area contributed by atoms with Crippen molar-refractivity contribution in [3.63, 3.8) is 0 Å². The second kappa shape index (κ2) is 6.49. The van der Waals surface area contributed by atoms with Gasteiger partial charge in [0.15, 0.2) is 11.5 Å². The Morgan fingerprint density at radius 1 is 1.00 bits per heavy atom. The van der Waals surface area contributed by atoms with Crippen molar-refractivity contribution < 1.29 is 9.47 Å². The van der Waals surface area contributed by atoms with E-state index < -0.39 is 0 Å². The van der Waals surface area contributed by atoms with Gasteiger partial charge in [-0.15, -0.1) is 0 Å². The molecule has 1 aromatic rings. The van der Waals surface area contributed by atoms with Gasteiger partial charge in [0.2, 0.25) is 0 Å². The molecule has 1 saturated carbocycles. The Bertz CT molecular complexity index is 435. The van der Waals surface area contributed by atoms with Crippen molar-refractivity contribution in [3.05, 3.63) is 23.8 Å². The number of rotatable bonds is 4. The maximum Gasteiger partial charge on any atom is 0.161 e. The summed E-state index contributed by atoms with van der Waals surface area (Å²) in [4.78, 5) is 0. The normalized spacial score (nSPS) is 23.8. The molecule has 0 aromatic heterocycles. The molecule has 2 aliphatic rings. The molecule has 3 heteroatoms. The summed E-state index contributed by atoms with van der Waals surface area (Å²) in [6, 6.07) is 6.89. The zero-order chi connectivity index (χ0) is 13.8. The van der Waals surface area contributed by atoms with E-state index in [2.05, 4.69) is 23.5 Å². The number of hydrogen-bond acceptors (Lipinski definition) is 3. The van der Waals surface area contributed by atoms with Gasteiger partial charge >= 0.3 is 0 Å². The molecule has 0 amide bonds. The van der Waals surface area contributed by atoms with Crippen molar-refractivity contribution in [3.8, 4) is 11.5 Å². The van der Waals surface area contributed by atoms with Gasteiger partial charge in [-0.3, -0.25) is 0 Å². The van der Waals surface area contributed by atoms with E-state index in [-0.39, 0.29) is 0 Å². The van der Waals surface area contributed by atoms with Crippen LogP contribution in [0.4, 0.5) is 0 Å². The highest BCUT2D eigenvalue weighted by atomic mass is 16.5. The van der Waals surface area contributed by atoms with Gasteiger partial charge in [-0.2, -0.15) is 0 Å². The number of methoxy groups -OCH3 is 1. The van der Waals surface area contributed by atoms with Gasteiger partial charge in [-0.05, 0) is 62.8 Å². The van der Waals surface area contributed by atoms with Gasteiger partial charge in [0, 0.05) is 6.04 Å². The van der Waals surface area contributed by atoms with Gasteiger partial charge < -0.3 is 14.8 Å². The highest BCUT2D eigenvalue weighted by Gasteiger charge is 2.20. The third-order valence-corrected chi connectivity index (χ3v) is 4.50. The molecule has 0 radical (unpaired) electrons. The van der Waals surface area contributed by atoms with Crippen molar-refractivity contribution in [1.29, 1.82) is 0 Å². The fraction of sp³-hybridized carbons (Fsp3) is 0.647. The van der Waals surface area contributed by atoms with Crippen LogP contribution in [0, 0.1) is 0 Å². The number of hydrogen-bond donors (Lipinski definition) is 1. The number of nitrogens with one attached hydrogen (secondary N) is 1. The summed E-state index contributed by atoms with van der Waals surface area (Å²) in [6.07, 6.45) is 9.11. The lowest BCUT2D eigenvalue weighted by molar-refractivity contribution is 0.200. The van der Waals surface area contributed by atoms with Gasteiger partial charge in [0.25, 0.3) is 0 Å². The van der Waals surface area contributed by atoms with Crippen molar-refractivity contribution >= 4 is 0 Å². The van der Waals surface area contributed by atoms with Crippen molar-refractivity contribution in [1.82, 2.24) is 5.32 Å². The summed E-state index contributed by atoms with van der Waals surface area (Å²) in [7, 11) is 1.73. The SMILES string of the molecule is COc1cc(C2CCCCN2)ccc1OC1CCCC1. The summed E-state index contributed by atoms with van der Waals surface area (Å²) in [5.41, 5.74) is 1.32. The molecule has 1 aliphatic carbocycles. The largest absolute Gasteiger partial charge is 0.493 e. The first-order valence-electron chi connectivity index (χ1n) is 7.95. The van der Waals surface area contributed by atoms with E-state index in [0.717, 1.165) is 18.0 Å². The third kappa shape index (κ3) is 3.09. The van der Waals surface area contributed by atoms with Crippen molar-refractivity contribution in [2.24, 2.45) is 0 Å². The highest BCUT2D eigenvalue weighted by Crippen LogP contribution is 2.35. The predicted molar refractivity (Wildman–Crippen MR) is 80.5 cm³/mol. The second-order valence-corrected chi connectivity index (χ2v) is 5.94. The molecule has 1 aliphatic heterocycles. The molecule has 1 saturated heterocycles. The Hall–Kier alpha value is -1.22. The minimum Gasteiger partial charge on any atom is -0.493 e. The fourth-order valence-electron chi connectivity index (χ4n) is 3.32. The lowest BCUT2D eigenvalue weighted by Crippen LogP contribution is -2.26. The van der Waals surface area contributed by atoms with Crippen molar-refractivity contribution in [2.75, 3.05) is 13.7 Å². The van der Waals surface area contributed by atoms with Crippen LogP contribution >= 0.6 is 0 Å². The van der Waals surface area contributed by atoms with Crippen LogP contribution in [0.3, 0.4) is 0 Å². The number of ether oxygens (including phenoxy) is 2. The Morgan fingerprint density at radius 3 is 2.50 bits per heavy atom. The smallest absolute Gasteiger partial charge is 0.161 e. The average molecular weight is 275 g/mol. The van der Waals surface area contributed by atoms with E-state index in [4.69, 9.17) is 9.47 Å². The van der Waals surface area contributed by atoms with Crippen LogP contribution in [0.1, 0.15) is 56.6 Å². The van der Waals surface area contributed by atoms with E-state index in [0.29, 0.717) is 12.1 Å². The first kappa shape index (κ1) is 13.7. The van der Waals surface area contributed by atoms with Crippen LogP contribution in [0.5, 0.6) is 11.5 Å². The molecule has 1 atom stereocenters. The lowest BCUT2D eigenvalue weighted by Gasteiger charge is -2.25. The highest BCUT2D eigenvalue weighted by molar-refractivity contribution is 5.44. The molecular weight excluding hydrogens is 250 g/mol. The second-order valence-electron chi connectivity index (χ2n) is 5.94. The number of piperidine rings is 1. The third-order valence-electron chi connectivity index (χ3n) is 4.50. The zero-order valence-electron chi connectivity index (χ0n) is 12.4. The Labute approximate surface area is 121 Å². The Balaban J connectivity index is 1.74. The van der Waals surface area contributed by atoms with Crippen LogP contribution < -0.4 is 14.8 Å². The molecule has 3 rings (SSSR count). The maximum absolute atomic E-state index is 6.09. The summed E-state index contributed by atoms with van der Waals surface area (Å²) in [5, 5.41) is 3.58. The minimum atomic E-state index is 0.377. The molecule has 0 spiro atoms. The Morgan fingerprint density at radius 2 is 1.80 bits per heavy atom. The molecule has 110 valence electrons. The lowest BCUT2D eigenvalue weighted by atomic mass is 9.97. The first-order valence-corrected chi connectivity index (χ1v) is 7.95. The monoisotopic (exact) mass is 275 g/mol. The summed E-state index contributed by atoms with van der Waals surface area (Å²) in [5.74, 6) is 1.78. The van der Waals surface area contributed by atoms with E-state index in [1.807, 2.05) is 0 Å². The molecule has 2 fully saturated rings. The molecule has 3 nitrogen and oxygen atoms in total. The molecule has 0 bridgehead atoms. The van der Waals surface area contributed by atoms with E-state index in [1.54, 1.807) is 7.11 Å². The molecular formula is C17H25NO2. The standard InChI is InChI=1S/C17H25NO2/c1-19-17-12-13(15-8-4-5-11-18-15)9-10-16(17)20-14-6-2-3-7-14/h9-10,12,14-15,18H,2-8,11H2,1H3. The van der Waals surface area contributed by atoms with Crippen molar-refractivity contribution in [2.45, 2.75) is 57.1 Å². The van der Waals surface area contributed by atoms with E-state index in [1.165, 1.54) is 50.5 Å².